The van der Waals surface area contributed by atoms with Crippen LogP contribution in [0.25, 0.3) is 0 Å². The number of hydrogen-bond acceptors (Lipinski definition) is 6. The van der Waals surface area contributed by atoms with Crippen LogP contribution in [-0.2, 0) is 12.8 Å². The van der Waals surface area contributed by atoms with E-state index in [0.717, 1.165) is 11.1 Å². The molecular formula is C16H24N4O2. The van der Waals surface area contributed by atoms with E-state index < -0.39 is 0 Å². The molecule has 2 aromatic carbocycles. The van der Waals surface area contributed by atoms with Crippen molar-refractivity contribution in [1.29, 1.82) is 0 Å². The quantitative estimate of drug-likeness (QED) is 0.460. The molecule has 6 heteroatoms. The first-order valence-corrected chi connectivity index (χ1v) is 6.97. The largest absolute Gasteiger partial charge is 0.399 e. The van der Waals surface area contributed by atoms with E-state index in [1.807, 2.05) is 0 Å². The zero-order chi connectivity index (χ0) is 16.5. The maximum Gasteiger partial charge on any atom is 0.0472 e. The molecule has 0 unspecified atom stereocenters. The molecule has 6 nitrogen and oxygen atoms in total. The molecule has 0 aliphatic rings. The van der Waals surface area contributed by atoms with E-state index in [1.165, 1.54) is 0 Å². The smallest absolute Gasteiger partial charge is 0.0472 e. The number of benzene rings is 2. The van der Waals surface area contributed by atoms with Gasteiger partial charge in [0.05, 0.1) is 0 Å². The van der Waals surface area contributed by atoms with Crippen LogP contribution in [0.5, 0.6) is 0 Å². The molecule has 0 bridgehead atoms. The summed E-state index contributed by atoms with van der Waals surface area (Å²) in [5.41, 5.74) is 26.8. The maximum atomic E-state index is 8.64. The standard InChI is InChI=1S/2C8H12N2O/c2*9-7-1-2-8(10)6(5-7)3-4-11/h2*1-2,5,11H,3-4,9-10H2. The van der Waals surface area contributed by atoms with Crippen molar-refractivity contribution < 1.29 is 10.2 Å². The Bertz CT molecular complexity index is 549. The highest BCUT2D eigenvalue weighted by molar-refractivity contribution is 5.55. The number of rotatable bonds is 4. The number of nitrogen functional groups attached to an aromatic ring is 4. The summed E-state index contributed by atoms with van der Waals surface area (Å²) < 4.78 is 0. The summed E-state index contributed by atoms with van der Waals surface area (Å²) in [6.07, 6.45) is 1.13. The van der Waals surface area contributed by atoms with E-state index in [2.05, 4.69) is 0 Å². The van der Waals surface area contributed by atoms with Gasteiger partial charge in [-0.25, -0.2) is 0 Å². The maximum absolute atomic E-state index is 8.64. The highest BCUT2D eigenvalue weighted by Gasteiger charge is 1.98. The van der Waals surface area contributed by atoms with E-state index >= 15 is 0 Å². The fraction of sp³-hybridized carbons (Fsp3) is 0.250. The van der Waals surface area contributed by atoms with Gasteiger partial charge in [0.2, 0.25) is 0 Å². The molecule has 120 valence electrons. The average Bonchev–Trinajstić information content (AvgIpc) is 2.48. The lowest BCUT2D eigenvalue weighted by atomic mass is 10.1. The summed E-state index contributed by atoms with van der Waals surface area (Å²) >= 11 is 0. The third-order valence-corrected chi connectivity index (χ3v) is 3.10. The van der Waals surface area contributed by atoms with Crippen LogP contribution in [0.3, 0.4) is 0 Å². The van der Waals surface area contributed by atoms with Gasteiger partial charge < -0.3 is 33.1 Å². The van der Waals surface area contributed by atoms with Gasteiger partial charge in [-0.1, -0.05) is 0 Å². The second-order valence-corrected chi connectivity index (χ2v) is 4.86. The number of aliphatic hydroxyl groups is 2. The molecule has 0 amide bonds. The average molecular weight is 304 g/mol. The van der Waals surface area contributed by atoms with E-state index in [-0.39, 0.29) is 13.2 Å². The number of hydrogen-bond donors (Lipinski definition) is 6. The summed E-state index contributed by atoms with van der Waals surface area (Å²) in [6.45, 7) is 0.210. The molecule has 0 saturated heterocycles. The lowest BCUT2D eigenvalue weighted by molar-refractivity contribution is 0.299. The Hall–Kier alpha value is -2.44. The van der Waals surface area contributed by atoms with Gasteiger partial charge in [0.15, 0.2) is 0 Å². The van der Waals surface area contributed by atoms with Gasteiger partial charge in [0, 0.05) is 36.0 Å². The minimum absolute atomic E-state index is 0.105. The minimum atomic E-state index is 0.105. The summed E-state index contributed by atoms with van der Waals surface area (Å²) in [4.78, 5) is 0. The first kappa shape index (κ1) is 17.6. The van der Waals surface area contributed by atoms with Gasteiger partial charge in [-0.05, 0) is 60.4 Å². The van der Waals surface area contributed by atoms with Crippen LogP contribution in [0.4, 0.5) is 22.7 Å². The van der Waals surface area contributed by atoms with Crippen LogP contribution < -0.4 is 22.9 Å². The fourth-order valence-corrected chi connectivity index (χ4v) is 1.93. The van der Waals surface area contributed by atoms with Crippen molar-refractivity contribution in [3.8, 4) is 0 Å². The van der Waals surface area contributed by atoms with Crippen LogP contribution in [0, 0.1) is 0 Å². The molecule has 0 fully saturated rings. The van der Waals surface area contributed by atoms with Crippen molar-refractivity contribution in [1.82, 2.24) is 0 Å². The van der Waals surface area contributed by atoms with Crippen molar-refractivity contribution in [3.63, 3.8) is 0 Å². The van der Waals surface area contributed by atoms with Crippen molar-refractivity contribution in [2.45, 2.75) is 12.8 Å². The molecule has 0 saturated carbocycles. The van der Waals surface area contributed by atoms with E-state index in [0.29, 0.717) is 35.6 Å². The van der Waals surface area contributed by atoms with Gasteiger partial charge in [-0.3, -0.25) is 0 Å². The minimum Gasteiger partial charge on any atom is -0.399 e. The number of nitrogens with two attached hydrogens (primary N) is 4. The van der Waals surface area contributed by atoms with Gasteiger partial charge in [-0.2, -0.15) is 0 Å². The van der Waals surface area contributed by atoms with E-state index in [1.54, 1.807) is 36.4 Å². The molecular weight excluding hydrogens is 280 g/mol. The third-order valence-electron chi connectivity index (χ3n) is 3.10. The van der Waals surface area contributed by atoms with E-state index in [9.17, 15) is 0 Å². The molecule has 0 atom stereocenters. The predicted molar refractivity (Wildman–Crippen MR) is 92.1 cm³/mol. The van der Waals surface area contributed by atoms with Crippen molar-refractivity contribution in [2.24, 2.45) is 0 Å². The summed E-state index contributed by atoms with van der Waals surface area (Å²) in [5.74, 6) is 0. The molecule has 0 aromatic heterocycles. The van der Waals surface area contributed by atoms with Crippen LogP contribution in [0.15, 0.2) is 36.4 Å². The Kier molecular flexibility index (Phi) is 7.01. The Morgan fingerprint density at radius 1 is 0.636 bits per heavy atom. The monoisotopic (exact) mass is 304 g/mol. The summed E-state index contributed by atoms with van der Waals surface area (Å²) in [6, 6.07) is 10.6. The SMILES string of the molecule is Nc1ccc(N)c(CCO)c1.Nc1ccc(N)c(CCO)c1. The number of aliphatic hydroxyl groups excluding tert-OH is 2. The zero-order valence-corrected chi connectivity index (χ0v) is 12.5. The molecule has 0 radical (unpaired) electrons. The molecule has 10 N–H and O–H groups in total. The van der Waals surface area contributed by atoms with Crippen LogP contribution in [0.2, 0.25) is 0 Å². The molecule has 2 aromatic rings. The highest BCUT2D eigenvalue weighted by Crippen LogP contribution is 2.16. The summed E-state index contributed by atoms with van der Waals surface area (Å²) in [7, 11) is 0. The van der Waals surface area contributed by atoms with Gasteiger partial charge in [0.1, 0.15) is 0 Å². The Morgan fingerprint density at radius 3 is 1.32 bits per heavy atom. The normalized spacial score (nSPS) is 9.91. The molecule has 0 aliphatic heterocycles. The number of anilines is 4. The van der Waals surface area contributed by atoms with Crippen LogP contribution in [-0.4, -0.2) is 23.4 Å². The van der Waals surface area contributed by atoms with Gasteiger partial charge >= 0.3 is 0 Å². The van der Waals surface area contributed by atoms with Crippen molar-refractivity contribution >= 4 is 22.7 Å². The summed E-state index contributed by atoms with van der Waals surface area (Å²) in [5, 5.41) is 17.3. The van der Waals surface area contributed by atoms with Crippen LogP contribution in [0.1, 0.15) is 11.1 Å². The lowest BCUT2D eigenvalue weighted by Gasteiger charge is -2.03. The first-order chi connectivity index (χ1) is 10.5. The third kappa shape index (κ3) is 5.51. The zero-order valence-electron chi connectivity index (χ0n) is 12.5. The molecule has 22 heavy (non-hydrogen) atoms. The fourth-order valence-electron chi connectivity index (χ4n) is 1.93. The van der Waals surface area contributed by atoms with Gasteiger partial charge in [0.25, 0.3) is 0 Å². The van der Waals surface area contributed by atoms with Crippen molar-refractivity contribution in [3.05, 3.63) is 47.5 Å². The van der Waals surface area contributed by atoms with Gasteiger partial charge in [-0.15, -0.1) is 0 Å². The second kappa shape index (κ2) is 8.76. The second-order valence-electron chi connectivity index (χ2n) is 4.86. The Morgan fingerprint density at radius 2 is 1.00 bits per heavy atom. The predicted octanol–water partition coefficient (Wildman–Crippen LogP) is 0.772. The molecule has 0 aliphatic carbocycles. The molecule has 0 heterocycles. The first-order valence-electron chi connectivity index (χ1n) is 6.97. The Balaban J connectivity index is 0.000000220. The topological polar surface area (TPSA) is 145 Å². The van der Waals surface area contributed by atoms with E-state index in [4.69, 9.17) is 33.1 Å². The van der Waals surface area contributed by atoms with Crippen LogP contribution >= 0.6 is 0 Å². The van der Waals surface area contributed by atoms with Crippen molar-refractivity contribution in [2.75, 3.05) is 36.1 Å². The highest BCUT2D eigenvalue weighted by atomic mass is 16.3. The molecule has 2 rings (SSSR count). The Labute approximate surface area is 130 Å². The molecule has 0 spiro atoms. The lowest BCUT2D eigenvalue weighted by Crippen LogP contribution is -1.98.